The molecule has 1 unspecified atom stereocenters. The van der Waals surface area contributed by atoms with Crippen LogP contribution in [0.1, 0.15) is 32.4 Å². The molecule has 2 aromatic rings. The van der Waals surface area contributed by atoms with Gasteiger partial charge in [0.2, 0.25) is 5.95 Å². The highest BCUT2D eigenvalue weighted by Crippen LogP contribution is 2.28. The summed E-state index contributed by atoms with van der Waals surface area (Å²) >= 11 is 0. The average Bonchev–Trinajstić information content (AvgIpc) is 2.54. The van der Waals surface area contributed by atoms with Crippen molar-refractivity contribution in [1.82, 2.24) is 9.55 Å². The Morgan fingerprint density at radius 1 is 1.25 bits per heavy atom. The molecule has 0 aliphatic carbocycles. The van der Waals surface area contributed by atoms with Crippen molar-refractivity contribution in [2.24, 2.45) is 5.92 Å². The molecule has 16 heavy (non-hydrogen) atoms. The molecule has 1 atom stereocenters. The molecule has 0 saturated carbocycles. The van der Waals surface area contributed by atoms with E-state index in [2.05, 4.69) is 43.3 Å². The van der Waals surface area contributed by atoms with Crippen molar-refractivity contribution in [1.29, 1.82) is 0 Å². The zero-order valence-electron chi connectivity index (χ0n) is 10.4. The van der Waals surface area contributed by atoms with Gasteiger partial charge in [-0.3, -0.25) is 0 Å². The number of anilines is 1. The Morgan fingerprint density at radius 2 is 1.94 bits per heavy atom. The number of benzene rings is 1. The number of nitrogen functional groups attached to an aromatic ring is 1. The lowest BCUT2D eigenvalue weighted by molar-refractivity contribution is 0.421. The monoisotopic (exact) mass is 217 g/mol. The van der Waals surface area contributed by atoms with E-state index in [0.29, 0.717) is 17.9 Å². The van der Waals surface area contributed by atoms with Crippen molar-refractivity contribution in [3.8, 4) is 0 Å². The Bertz CT molecular complexity index is 511. The van der Waals surface area contributed by atoms with Crippen LogP contribution in [0.5, 0.6) is 0 Å². The minimum Gasteiger partial charge on any atom is -0.369 e. The van der Waals surface area contributed by atoms with Gasteiger partial charge in [-0.05, 0) is 31.4 Å². The lowest BCUT2D eigenvalue weighted by atomic mass is 10.1. The molecular weight excluding hydrogens is 198 g/mol. The van der Waals surface area contributed by atoms with Crippen molar-refractivity contribution >= 4 is 17.0 Å². The van der Waals surface area contributed by atoms with E-state index in [9.17, 15) is 0 Å². The van der Waals surface area contributed by atoms with Crippen LogP contribution >= 0.6 is 0 Å². The van der Waals surface area contributed by atoms with Gasteiger partial charge in [-0.2, -0.15) is 0 Å². The summed E-state index contributed by atoms with van der Waals surface area (Å²) in [5.74, 6) is 1.16. The molecule has 0 aliphatic heterocycles. The fraction of sp³-hybridized carbons (Fsp3) is 0.462. The van der Waals surface area contributed by atoms with Crippen molar-refractivity contribution in [3.63, 3.8) is 0 Å². The standard InChI is InChI=1S/C13H19N3/c1-8(2)10(4)16-12-9(3)6-5-7-11(12)15-13(16)14/h5-8,10H,1-4H3,(H2,14,15). The fourth-order valence-corrected chi connectivity index (χ4v) is 2.05. The number of rotatable bonds is 2. The van der Waals surface area contributed by atoms with Crippen molar-refractivity contribution in [2.45, 2.75) is 33.7 Å². The number of nitrogens with two attached hydrogens (primary N) is 1. The summed E-state index contributed by atoms with van der Waals surface area (Å²) in [5.41, 5.74) is 9.40. The molecule has 3 nitrogen and oxygen atoms in total. The molecule has 3 heteroatoms. The van der Waals surface area contributed by atoms with E-state index in [4.69, 9.17) is 5.73 Å². The van der Waals surface area contributed by atoms with Crippen LogP contribution in [-0.2, 0) is 0 Å². The number of para-hydroxylation sites is 1. The van der Waals surface area contributed by atoms with Crippen LogP contribution in [-0.4, -0.2) is 9.55 Å². The third-order valence-electron chi connectivity index (χ3n) is 3.31. The van der Waals surface area contributed by atoms with Gasteiger partial charge in [0.05, 0.1) is 11.0 Å². The molecule has 1 aromatic carbocycles. The quantitative estimate of drug-likeness (QED) is 0.839. The first-order valence-electron chi connectivity index (χ1n) is 5.75. The van der Waals surface area contributed by atoms with Crippen molar-refractivity contribution < 1.29 is 0 Å². The minimum atomic E-state index is 0.367. The second kappa shape index (κ2) is 3.81. The van der Waals surface area contributed by atoms with Gasteiger partial charge < -0.3 is 10.3 Å². The van der Waals surface area contributed by atoms with Gasteiger partial charge in [-0.1, -0.05) is 26.0 Å². The highest BCUT2D eigenvalue weighted by molar-refractivity contribution is 5.81. The molecule has 2 N–H and O–H groups in total. The minimum absolute atomic E-state index is 0.367. The maximum absolute atomic E-state index is 6.01. The molecule has 0 fully saturated rings. The third kappa shape index (κ3) is 1.56. The first kappa shape index (κ1) is 11.0. The Balaban J connectivity index is 2.72. The third-order valence-corrected chi connectivity index (χ3v) is 3.31. The number of fused-ring (bicyclic) bond motifs is 1. The molecular formula is C13H19N3. The second-order valence-corrected chi connectivity index (χ2v) is 4.77. The van der Waals surface area contributed by atoms with E-state index in [1.807, 2.05) is 12.1 Å². The smallest absolute Gasteiger partial charge is 0.201 e. The second-order valence-electron chi connectivity index (χ2n) is 4.77. The summed E-state index contributed by atoms with van der Waals surface area (Å²) in [5, 5.41) is 0. The molecule has 0 spiro atoms. The molecule has 0 bridgehead atoms. The van der Waals surface area contributed by atoms with Gasteiger partial charge in [-0.15, -0.1) is 0 Å². The van der Waals surface area contributed by atoms with Crippen LogP contribution in [0.4, 0.5) is 5.95 Å². The van der Waals surface area contributed by atoms with E-state index >= 15 is 0 Å². The van der Waals surface area contributed by atoms with Gasteiger partial charge in [0, 0.05) is 6.04 Å². The summed E-state index contributed by atoms with van der Waals surface area (Å²) in [7, 11) is 0. The topological polar surface area (TPSA) is 43.8 Å². The Morgan fingerprint density at radius 3 is 2.56 bits per heavy atom. The maximum atomic E-state index is 6.01. The zero-order chi connectivity index (χ0) is 11.9. The van der Waals surface area contributed by atoms with Crippen LogP contribution in [0.3, 0.4) is 0 Å². The molecule has 0 aliphatic rings. The number of hydrogen-bond donors (Lipinski definition) is 1. The lowest BCUT2D eigenvalue weighted by Crippen LogP contribution is -2.14. The molecule has 1 heterocycles. The highest BCUT2D eigenvalue weighted by atomic mass is 15.2. The number of imidazole rings is 1. The Labute approximate surface area is 96.3 Å². The van der Waals surface area contributed by atoms with Gasteiger partial charge in [0.15, 0.2) is 0 Å². The van der Waals surface area contributed by atoms with Gasteiger partial charge >= 0.3 is 0 Å². The van der Waals surface area contributed by atoms with Crippen LogP contribution in [0.2, 0.25) is 0 Å². The lowest BCUT2D eigenvalue weighted by Gasteiger charge is -2.20. The number of aromatic nitrogens is 2. The predicted octanol–water partition coefficient (Wildman–Crippen LogP) is 3.14. The maximum Gasteiger partial charge on any atom is 0.201 e. The highest BCUT2D eigenvalue weighted by Gasteiger charge is 2.17. The first-order valence-corrected chi connectivity index (χ1v) is 5.75. The van der Waals surface area contributed by atoms with E-state index < -0.39 is 0 Å². The largest absolute Gasteiger partial charge is 0.369 e. The van der Waals surface area contributed by atoms with Crippen LogP contribution in [0.15, 0.2) is 18.2 Å². The Hall–Kier alpha value is -1.51. The van der Waals surface area contributed by atoms with E-state index in [1.54, 1.807) is 0 Å². The van der Waals surface area contributed by atoms with Crippen LogP contribution in [0.25, 0.3) is 11.0 Å². The normalized spacial score (nSPS) is 13.6. The van der Waals surface area contributed by atoms with Gasteiger partial charge in [0.1, 0.15) is 0 Å². The summed E-state index contributed by atoms with van der Waals surface area (Å²) in [6, 6.07) is 6.51. The SMILES string of the molecule is Cc1cccc2nc(N)n(C(C)C(C)C)c12. The van der Waals surface area contributed by atoms with Gasteiger partial charge in [-0.25, -0.2) is 4.98 Å². The molecule has 1 aromatic heterocycles. The van der Waals surface area contributed by atoms with Crippen molar-refractivity contribution in [3.05, 3.63) is 23.8 Å². The Kier molecular flexibility index (Phi) is 2.62. The van der Waals surface area contributed by atoms with Crippen LogP contribution in [0, 0.1) is 12.8 Å². The van der Waals surface area contributed by atoms with E-state index in [1.165, 1.54) is 11.1 Å². The molecule has 0 radical (unpaired) electrons. The summed E-state index contributed by atoms with van der Waals surface area (Å²) in [4.78, 5) is 4.42. The van der Waals surface area contributed by atoms with E-state index in [-0.39, 0.29) is 0 Å². The molecule has 0 saturated heterocycles. The average molecular weight is 217 g/mol. The molecule has 2 rings (SSSR count). The van der Waals surface area contributed by atoms with Crippen molar-refractivity contribution in [2.75, 3.05) is 5.73 Å². The van der Waals surface area contributed by atoms with E-state index in [0.717, 1.165) is 5.52 Å². The van der Waals surface area contributed by atoms with Gasteiger partial charge in [0.25, 0.3) is 0 Å². The number of hydrogen-bond acceptors (Lipinski definition) is 2. The summed E-state index contributed by atoms with van der Waals surface area (Å²) in [6.45, 7) is 8.70. The fourth-order valence-electron chi connectivity index (χ4n) is 2.05. The predicted molar refractivity (Wildman–Crippen MR) is 68.4 cm³/mol. The zero-order valence-corrected chi connectivity index (χ0v) is 10.4. The summed E-state index contributed by atoms with van der Waals surface area (Å²) in [6.07, 6.45) is 0. The number of nitrogens with zero attached hydrogens (tertiary/aromatic N) is 2. The number of aryl methyl sites for hydroxylation is 1. The molecule has 0 amide bonds. The first-order chi connectivity index (χ1) is 7.52. The van der Waals surface area contributed by atoms with Crippen LogP contribution < -0.4 is 5.73 Å². The summed E-state index contributed by atoms with van der Waals surface area (Å²) < 4.78 is 2.15. The molecule has 86 valence electrons.